The second kappa shape index (κ2) is 6.04. The van der Waals surface area contributed by atoms with Crippen LogP contribution < -0.4 is 5.32 Å². The van der Waals surface area contributed by atoms with Gasteiger partial charge in [-0.1, -0.05) is 0 Å². The molecule has 0 spiro atoms. The average Bonchev–Trinajstić information content (AvgIpc) is 3.18. The number of aromatic amines is 1. The van der Waals surface area contributed by atoms with Crippen molar-refractivity contribution in [1.82, 2.24) is 4.98 Å². The molecule has 1 saturated carbocycles. The zero-order valence-corrected chi connectivity index (χ0v) is 14.1. The summed E-state index contributed by atoms with van der Waals surface area (Å²) < 4.78 is 0. The van der Waals surface area contributed by atoms with Crippen molar-refractivity contribution < 1.29 is 4.79 Å². The smallest absolute Gasteiger partial charge is 0.133 e. The summed E-state index contributed by atoms with van der Waals surface area (Å²) in [5.74, 6) is 1.47. The largest absolute Gasteiger partial charge is 0.381 e. The molecule has 0 bridgehead atoms. The fourth-order valence-electron chi connectivity index (χ4n) is 3.43. The van der Waals surface area contributed by atoms with E-state index < -0.39 is 0 Å². The van der Waals surface area contributed by atoms with Crippen LogP contribution in [0.25, 0.3) is 10.9 Å². The number of thioether (sulfide) groups is 1. The van der Waals surface area contributed by atoms with E-state index in [1.54, 1.807) is 0 Å². The number of Topliss-reactive ketones (excluding diaryl/α,β-unsaturated/α-hetero) is 1. The number of aromatic nitrogens is 1. The summed E-state index contributed by atoms with van der Waals surface area (Å²) in [6.07, 6.45) is 3.28. The molecule has 23 heavy (non-hydrogen) atoms. The normalized spacial score (nSPS) is 19.3. The SMILES string of the molecule is Cc1cc(NC2CCC(=O)CC2)c2[nH]c(C3=NCCS3)cc2c1. The van der Waals surface area contributed by atoms with Gasteiger partial charge in [0.05, 0.1) is 16.9 Å². The van der Waals surface area contributed by atoms with Crippen LogP contribution in [0, 0.1) is 6.92 Å². The van der Waals surface area contributed by atoms with Crippen molar-refractivity contribution in [2.45, 2.75) is 38.6 Å². The van der Waals surface area contributed by atoms with Crippen molar-refractivity contribution in [2.24, 2.45) is 4.99 Å². The molecule has 2 heterocycles. The van der Waals surface area contributed by atoms with E-state index in [0.717, 1.165) is 47.1 Å². The Bertz CT molecular complexity index is 783. The highest BCUT2D eigenvalue weighted by Gasteiger charge is 2.20. The van der Waals surface area contributed by atoms with Gasteiger partial charge in [0.2, 0.25) is 0 Å². The van der Waals surface area contributed by atoms with E-state index in [9.17, 15) is 4.79 Å². The molecule has 2 N–H and O–H groups in total. The maximum Gasteiger partial charge on any atom is 0.133 e. The van der Waals surface area contributed by atoms with Crippen molar-refractivity contribution in [3.63, 3.8) is 0 Å². The number of fused-ring (bicyclic) bond motifs is 1. The Morgan fingerprint density at radius 3 is 2.83 bits per heavy atom. The highest BCUT2D eigenvalue weighted by atomic mass is 32.2. The number of H-pyrrole nitrogens is 1. The summed E-state index contributed by atoms with van der Waals surface area (Å²) in [5.41, 5.74) is 4.67. The summed E-state index contributed by atoms with van der Waals surface area (Å²) in [7, 11) is 0. The summed E-state index contributed by atoms with van der Waals surface area (Å²) in [6.45, 7) is 3.04. The molecular formula is C18H21N3OS. The average molecular weight is 327 g/mol. The number of hydrogen-bond acceptors (Lipinski definition) is 4. The Kier molecular flexibility index (Phi) is 3.89. The number of aliphatic imine (C=N–C) groups is 1. The van der Waals surface area contributed by atoms with Gasteiger partial charge in [-0.15, -0.1) is 11.8 Å². The Morgan fingerprint density at radius 1 is 1.26 bits per heavy atom. The minimum absolute atomic E-state index is 0.391. The number of aryl methyl sites for hydroxylation is 1. The van der Waals surface area contributed by atoms with Gasteiger partial charge in [-0.25, -0.2) is 0 Å². The second-order valence-corrected chi connectivity index (χ2v) is 7.54. The molecule has 2 aliphatic rings. The molecule has 1 aliphatic carbocycles. The second-order valence-electron chi connectivity index (χ2n) is 6.45. The van der Waals surface area contributed by atoms with Gasteiger partial charge in [-0.05, 0) is 43.5 Å². The summed E-state index contributed by atoms with van der Waals surface area (Å²) >= 11 is 1.82. The third kappa shape index (κ3) is 3.02. The Morgan fingerprint density at radius 2 is 2.09 bits per heavy atom. The number of anilines is 1. The van der Waals surface area contributed by atoms with Crippen molar-refractivity contribution in [3.05, 3.63) is 29.5 Å². The van der Waals surface area contributed by atoms with Gasteiger partial charge in [-0.3, -0.25) is 9.79 Å². The Hall–Kier alpha value is -1.75. The number of benzene rings is 1. The Labute approximate surface area is 140 Å². The zero-order valence-electron chi connectivity index (χ0n) is 13.3. The van der Waals surface area contributed by atoms with E-state index in [-0.39, 0.29) is 0 Å². The first-order valence-electron chi connectivity index (χ1n) is 8.28. The molecule has 1 aromatic heterocycles. The van der Waals surface area contributed by atoms with E-state index in [1.807, 2.05) is 11.8 Å². The van der Waals surface area contributed by atoms with E-state index >= 15 is 0 Å². The molecule has 2 aromatic rings. The lowest BCUT2D eigenvalue weighted by Crippen LogP contribution is -2.26. The van der Waals surface area contributed by atoms with Crippen LogP contribution in [0.5, 0.6) is 0 Å². The minimum atomic E-state index is 0.391. The predicted octanol–water partition coefficient (Wildman–Crippen LogP) is 3.89. The minimum Gasteiger partial charge on any atom is -0.381 e. The van der Waals surface area contributed by atoms with Crippen LogP contribution in [0.3, 0.4) is 0 Å². The lowest BCUT2D eigenvalue weighted by Gasteiger charge is -2.23. The van der Waals surface area contributed by atoms with Gasteiger partial charge in [0.25, 0.3) is 0 Å². The number of carbonyl (C=O) groups excluding carboxylic acids is 1. The molecule has 0 amide bonds. The topological polar surface area (TPSA) is 57.2 Å². The van der Waals surface area contributed by atoms with Gasteiger partial charge >= 0.3 is 0 Å². The van der Waals surface area contributed by atoms with E-state index in [4.69, 9.17) is 0 Å². The monoisotopic (exact) mass is 327 g/mol. The van der Waals surface area contributed by atoms with Crippen LogP contribution in [0.2, 0.25) is 0 Å². The van der Waals surface area contributed by atoms with Crippen LogP contribution >= 0.6 is 11.8 Å². The van der Waals surface area contributed by atoms with Crippen molar-refractivity contribution in [2.75, 3.05) is 17.6 Å². The molecule has 0 saturated heterocycles. The van der Waals surface area contributed by atoms with Crippen molar-refractivity contribution in [1.29, 1.82) is 0 Å². The molecule has 120 valence electrons. The predicted molar refractivity (Wildman–Crippen MR) is 97.8 cm³/mol. The van der Waals surface area contributed by atoms with Gasteiger partial charge in [0.1, 0.15) is 10.8 Å². The molecule has 1 aliphatic heterocycles. The molecule has 4 rings (SSSR count). The maximum absolute atomic E-state index is 11.4. The van der Waals surface area contributed by atoms with Gasteiger partial charge in [-0.2, -0.15) is 0 Å². The molecular weight excluding hydrogens is 306 g/mol. The van der Waals surface area contributed by atoms with Crippen molar-refractivity contribution >= 4 is 39.2 Å². The summed E-state index contributed by atoms with van der Waals surface area (Å²) in [4.78, 5) is 19.5. The van der Waals surface area contributed by atoms with Gasteiger partial charge in [0.15, 0.2) is 0 Å². The lowest BCUT2D eigenvalue weighted by atomic mass is 9.94. The van der Waals surface area contributed by atoms with Crippen molar-refractivity contribution in [3.8, 4) is 0 Å². The molecule has 0 atom stereocenters. The van der Waals surface area contributed by atoms with E-state index in [2.05, 4.69) is 40.4 Å². The number of nitrogens with zero attached hydrogens (tertiary/aromatic N) is 1. The quantitative estimate of drug-likeness (QED) is 0.899. The Balaban J connectivity index is 1.66. The lowest BCUT2D eigenvalue weighted by molar-refractivity contribution is -0.120. The highest BCUT2D eigenvalue weighted by molar-refractivity contribution is 8.14. The van der Waals surface area contributed by atoms with Crippen LogP contribution in [0.4, 0.5) is 5.69 Å². The first-order chi connectivity index (χ1) is 11.2. The van der Waals surface area contributed by atoms with Crippen LogP contribution in [-0.4, -0.2) is 34.2 Å². The number of carbonyl (C=O) groups is 1. The summed E-state index contributed by atoms with van der Waals surface area (Å²) in [6, 6.07) is 7.01. The number of nitrogens with one attached hydrogen (secondary N) is 2. The van der Waals surface area contributed by atoms with E-state index in [0.29, 0.717) is 24.7 Å². The first kappa shape index (κ1) is 14.8. The van der Waals surface area contributed by atoms with Crippen LogP contribution in [0.15, 0.2) is 23.2 Å². The number of ketones is 1. The number of rotatable bonds is 3. The third-order valence-corrected chi connectivity index (χ3v) is 5.60. The molecule has 1 fully saturated rings. The maximum atomic E-state index is 11.4. The molecule has 0 unspecified atom stereocenters. The van der Waals surface area contributed by atoms with Crippen LogP contribution in [-0.2, 0) is 4.79 Å². The molecule has 5 heteroatoms. The highest BCUT2D eigenvalue weighted by Crippen LogP contribution is 2.30. The molecule has 4 nitrogen and oxygen atoms in total. The molecule has 0 radical (unpaired) electrons. The third-order valence-electron chi connectivity index (χ3n) is 4.59. The fourth-order valence-corrected chi connectivity index (χ4v) is 4.25. The number of hydrogen-bond donors (Lipinski definition) is 2. The first-order valence-corrected chi connectivity index (χ1v) is 9.27. The standard InChI is InChI=1S/C18H21N3OS/c1-11-8-12-10-16(18-19-6-7-23-18)21-17(12)15(9-11)20-13-2-4-14(22)5-3-13/h8-10,13,20-21H,2-7H2,1H3. The van der Waals surface area contributed by atoms with Gasteiger partial charge in [0, 0.05) is 36.6 Å². The van der Waals surface area contributed by atoms with Gasteiger partial charge < -0.3 is 10.3 Å². The molecule has 1 aromatic carbocycles. The summed E-state index contributed by atoms with van der Waals surface area (Å²) in [5, 5.41) is 6.00. The van der Waals surface area contributed by atoms with E-state index in [1.165, 1.54) is 10.9 Å². The van der Waals surface area contributed by atoms with Crippen LogP contribution in [0.1, 0.15) is 36.9 Å². The zero-order chi connectivity index (χ0) is 15.8. The fraction of sp³-hybridized carbons (Fsp3) is 0.444.